The predicted octanol–water partition coefficient (Wildman–Crippen LogP) is -0.0163. The molecule has 1 aromatic carbocycles. The molecule has 0 aliphatic carbocycles. The number of hydrogen-bond donors (Lipinski definition) is 3. The summed E-state index contributed by atoms with van der Waals surface area (Å²) in [6, 6.07) is 7.87. The van der Waals surface area contributed by atoms with E-state index < -0.39 is 11.2 Å². The van der Waals surface area contributed by atoms with Gasteiger partial charge in [-0.05, 0) is 25.2 Å². The lowest BCUT2D eigenvalue weighted by molar-refractivity contribution is -0.120. The summed E-state index contributed by atoms with van der Waals surface area (Å²) in [5.74, 6) is -0.276. The van der Waals surface area contributed by atoms with E-state index in [4.69, 9.17) is 0 Å². The van der Waals surface area contributed by atoms with Crippen molar-refractivity contribution in [3.63, 3.8) is 0 Å². The first-order valence-electron chi connectivity index (χ1n) is 7.25. The summed E-state index contributed by atoms with van der Waals surface area (Å²) in [6.45, 7) is 1.18. The van der Waals surface area contributed by atoms with Gasteiger partial charge in [0.15, 0.2) is 0 Å². The summed E-state index contributed by atoms with van der Waals surface area (Å²) < 4.78 is 0. The van der Waals surface area contributed by atoms with Gasteiger partial charge < -0.3 is 15.2 Å². The van der Waals surface area contributed by atoms with Crippen molar-refractivity contribution in [3.05, 3.63) is 68.0 Å². The van der Waals surface area contributed by atoms with Crippen molar-refractivity contribution in [2.45, 2.75) is 19.5 Å². The van der Waals surface area contributed by atoms with Crippen LogP contribution in [0.3, 0.4) is 0 Å². The maximum absolute atomic E-state index is 12.0. The monoisotopic (exact) mass is 316 g/mol. The van der Waals surface area contributed by atoms with Crippen molar-refractivity contribution in [2.24, 2.45) is 0 Å². The molecule has 0 fully saturated rings. The normalized spacial score (nSPS) is 10.7. The molecule has 0 saturated carbocycles. The molecule has 0 saturated heterocycles. The number of amides is 1. The van der Waals surface area contributed by atoms with Gasteiger partial charge in [0.2, 0.25) is 5.91 Å². The fourth-order valence-electron chi connectivity index (χ4n) is 2.22. The molecule has 1 amide bonds. The Kier molecular flexibility index (Phi) is 5.48. The van der Waals surface area contributed by atoms with Crippen molar-refractivity contribution >= 4 is 5.91 Å². The molecule has 23 heavy (non-hydrogen) atoms. The van der Waals surface area contributed by atoms with E-state index in [1.807, 2.05) is 38.4 Å². The molecule has 1 aromatic heterocycles. The smallest absolute Gasteiger partial charge is 0.325 e. The lowest BCUT2D eigenvalue weighted by Gasteiger charge is -2.14. The number of rotatable bonds is 6. The fourth-order valence-corrected chi connectivity index (χ4v) is 2.22. The molecule has 7 heteroatoms. The lowest BCUT2D eigenvalue weighted by Crippen LogP contribution is -2.30. The van der Waals surface area contributed by atoms with Crippen molar-refractivity contribution in [3.8, 4) is 0 Å². The first-order chi connectivity index (χ1) is 11.0. The molecule has 122 valence electrons. The molecule has 0 radical (unpaired) electrons. The van der Waals surface area contributed by atoms with E-state index in [2.05, 4.69) is 20.2 Å². The highest BCUT2D eigenvalue weighted by atomic mass is 16.2. The summed E-state index contributed by atoms with van der Waals surface area (Å²) in [6.07, 6.45) is 1.18. The minimum atomic E-state index is -0.586. The van der Waals surface area contributed by atoms with Gasteiger partial charge in [-0.3, -0.25) is 14.6 Å². The number of carbonyl (C=O) groups is 1. The predicted molar refractivity (Wildman–Crippen MR) is 87.1 cm³/mol. The average Bonchev–Trinajstić information content (AvgIpc) is 2.49. The Morgan fingerprint density at radius 1 is 1.13 bits per heavy atom. The van der Waals surface area contributed by atoms with Crippen molar-refractivity contribution in [1.29, 1.82) is 0 Å². The van der Waals surface area contributed by atoms with Crippen LogP contribution in [0.1, 0.15) is 16.7 Å². The van der Waals surface area contributed by atoms with Gasteiger partial charge in [0.1, 0.15) is 0 Å². The molecular weight excluding hydrogens is 296 g/mol. The SMILES string of the molecule is CN(C)Cc1ccccc1CNC(=O)Cc1c[nH]c(=O)[nH]c1=O. The van der Waals surface area contributed by atoms with Crippen LogP contribution in [0.25, 0.3) is 0 Å². The van der Waals surface area contributed by atoms with Crippen LogP contribution in [-0.4, -0.2) is 34.9 Å². The summed E-state index contributed by atoms with van der Waals surface area (Å²) in [7, 11) is 3.97. The molecule has 3 N–H and O–H groups in total. The number of aromatic nitrogens is 2. The van der Waals surface area contributed by atoms with Gasteiger partial charge >= 0.3 is 5.69 Å². The van der Waals surface area contributed by atoms with Gasteiger partial charge in [0.25, 0.3) is 5.56 Å². The van der Waals surface area contributed by atoms with Gasteiger partial charge in [-0.25, -0.2) is 4.79 Å². The zero-order valence-electron chi connectivity index (χ0n) is 13.2. The van der Waals surface area contributed by atoms with Crippen LogP contribution in [0.2, 0.25) is 0 Å². The third kappa shape index (κ3) is 4.93. The standard InChI is InChI=1S/C16H20N4O3/c1-20(2)10-12-6-4-3-5-11(12)8-17-14(21)7-13-9-18-16(23)19-15(13)22/h3-6,9H,7-8,10H2,1-2H3,(H,17,21)(H2,18,19,22,23). The average molecular weight is 316 g/mol. The Labute approximate surface area is 133 Å². The number of nitrogens with one attached hydrogen (secondary N) is 3. The molecule has 0 atom stereocenters. The number of hydrogen-bond acceptors (Lipinski definition) is 4. The van der Waals surface area contributed by atoms with Crippen LogP contribution in [0.4, 0.5) is 0 Å². The second kappa shape index (κ2) is 7.55. The third-order valence-corrected chi connectivity index (χ3v) is 3.33. The number of benzene rings is 1. The van der Waals surface area contributed by atoms with E-state index in [9.17, 15) is 14.4 Å². The first-order valence-corrected chi connectivity index (χ1v) is 7.25. The minimum Gasteiger partial charge on any atom is -0.352 e. The molecule has 1 heterocycles. The highest BCUT2D eigenvalue weighted by Gasteiger charge is 2.09. The van der Waals surface area contributed by atoms with Crippen LogP contribution in [0, 0.1) is 0 Å². The van der Waals surface area contributed by atoms with Crippen molar-refractivity contribution in [2.75, 3.05) is 14.1 Å². The molecule has 0 aliphatic rings. The maximum atomic E-state index is 12.0. The largest absolute Gasteiger partial charge is 0.352 e. The fraction of sp³-hybridized carbons (Fsp3) is 0.312. The molecule has 0 bridgehead atoms. The third-order valence-electron chi connectivity index (χ3n) is 3.33. The van der Waals surface area contributed by atoms with Gasteiger partial charge in [-0.1, -0.05) is 24.3 Å². The van der Waals surface area contributed by atoms with E-state index in [0.29, 0.717) is 6.54 Å². The second-order valence-electron chi connectivity index (χ2n) is 5.56. The Hall–Kier alpha value is -2.67. The molecule has 0 spiro atoms. The lowest BCUT2D eigenvalue weighted by atomic mass is 10.1. The second-order valence-corrected chi connectivity index (χ2v) is 5.56. The van der Waals surface area contributed by atoms with E-state index in [0.717, 1.165) is 17.7 Å². The Morgan fingerprint density at radius 3 is 2.48 bits per heavy atom. The summed E-state index contributed by atoms with van der Waals surface area (Å²) in [4.78, 5) is 41.0. The topological polar surface area (TPSA) is 98.1 Å². The van der Waals surface area contributed by atoms with Crippen molar-refractivity contribution < 1.29 is 4.79 Å². The molecule has 0 unspecified atom stereocenters. The highest BCUT2D eigenvalue weighted by molar-refractivity contribution is 5.78. The van der Waals surface area contributed by atoms with E-state index in [1.165, 1.54) is 6.20 Å². The number of nitrogens with zero attached hydrogens (tertiary/aromatic N) is 1. The quantitative estimate of drug-likeness (QED) is 0.698. The molecule has 7 nitrogen and oxygen atoms in total. The summed E-state index contributed by atoms with van der Waals surface area (Å²) in [5.41, 5.74) is 1.27. The van der Waals surface area contributed by atoms with Gasteiger partial charge in [-0.2, -0.15) is 0 Å². The number of H-pyrrole nitrogens is 2. The number of carbonyl (C=O) groups excluding carboxylic acids is 1. The van der Waals surface area contributed by atoms with Gasteiger partial charge in [-0.15, -0.1) is 0 Å². The van der Waals surface area contributed by atoms with E-state index >= 15 is 0 Å². The zero-order valence-corrected chi connectivity index (χ0v) is 13.2. The highest BCUT2D eigenvalue weighted by Crippen LogP contribution is 2.10. The Morgan fingerprint density at radius 2 is 1.83 bits per heavy atom. The molecular formula is C16H20N4O3. The van der Waals surface area contributed by atoms with Crippen LogP contribution in [0.5, 0.6) is 0 Å². The maximum Gasteiger partial charge on any atom is 0.325 e. The van der Waals surface area contributed by atoms with Crippen LogP contribution in [0.15, 0.2) is 40.1 Å². The summed E-state index contributed by atoms with van der Waals surface area (Å²) in [5, 5.41) is 2.80. The van der Waals surface area contributed by atoms with E-state index in [1.54, 1.807) is 0 Å². The van der Waals surface area contributed by atoms with Crippen LogP contribution in [-0.2, 0) is 24.3 Å². The Balaban J connectivity index is 1.99. The molecule has 0 aliphatic heterocycles. The van der Waals surface area contributed by atoms with Crippen LogP contribution < -0.4 is 16.6 Å². The number of aromatic amines is 2. The van der Waals surface area contributed by atoms with Crippen molar-refractivity contribution in [1.82, 2.24) is 20.2 Å². The minimum absolute atomic E-state index is 0.0814. The van der Waals surface area contributed by atoms with Crippen LogP contribution >= 0.6 is 0 Å². The zero-order chi connectivity index (χ0) is 16.8. The van der Waals surface area contributed by atoms with Gasteiger partial charge in [0, 0.05) is 24.8 Å². The Bertz CT molecular complexity index is 792. The van der Waals surface area contributed by atoms with E-state index in [-0.39, 0.29) is 17.9 Å². The molecule has 2 rings (SSSR count). The van der Waals surface area contributed by atoms with Gasteiger partial charge in [0.05, 0.1) is 6.42 Å². The first kappa shape index (κ1) is 16.7. The molecule has 2 aromatic rings. The summed E-state index contributed by atoms with van der Waals surface area (Å²) >= 11 is 0.